The molecular weight excluding hydrogens is 367 g/mol. The zero-order chi connectivity index (χ0) is 11.7. The highest BCUT2D eigenvalue weighted by Crippen LogP contribution is 2.42. The van der Waals surface area contributed by atoms with Crippen LogP contribution in [0.3, 0.4) is 0 Å². The third kappa shape index (κ3) is 4.87. The molecule has 1 aromatic rings. The molecule has 2 aliphatic rings. The van der Waals surface area contributed by atoms with Gasteiger partial charge in [-0.2, -0.15) is 0 Å². The standard InChI is InChI=1S/C13H19BrN2S.2ClH/c14-13-4-3-12(17-13)11(9-10-1-2-10)16-7-5-15-6-8-16;;/h3-4,10-11,15H,1-2,5-9H2;2*1H/t11-;;/m0../s1. The lowest BCUT2D eigenvalue weighted by Crippen LogP contribution is -2.45. The quantitative estimate of drug-likeness (QED) is 0.836. The molecule has 0 amide bonds. The number of halogens is 3. The van der Waals surface area contributed by atoms with Gasteiger partial charge in [0.25, 0.3) is 0 Å². The van der Waals surface area contributed by atoms with E-state index in [1.54, 1.807) is 4.88 Å². The second-order valence-corrected chi connectivity index (χ2v) is 7.62. The highest BCUT2D eigenvalue weighted by molar-refractivity contribution is 9.11. The Balaban J connectivity index is 0.000000902. The molecule has 110 valence electrons. The van der Waals surface area contributed by atoms with Crippen molar-refractivity contribution >= 4 is 52.1 Å². The third-order valence-electron chi connectivity index (χ3n) is 3.77. The number of hydrogen-bond donors (Lipinski definition) is 1. The lowest BCUT2D eigenvalue weighted by Gasteiger charge is -2.34. The molecule has 0 radical (unpaired) electrons. The predicted molar refractivity (Wildman–Crippen MR) is 91.0 cm³/mol. The number of hydrogen-bond acceptors (Lipinski definition) is 3. The van der Waals surface area contributed by atoms with Crippen molar-refractivity contribution in [1.29, 1.82) is 0 Å². The second-order valence-electron chi connectivity index (χ2n) is 5.12. The molecule has 3 rings (SSSR count). The maximum absolute atomic E-state index is 3.59. The van der Waals surface area contributed by atoms with Gasteiger partial charge in [-0.25, -0.2) is 0 Å². The van der Waals surface area contributed by atoms with Crippen LogP contribution in [0.1, 0.15) is 30.2 Å². The fourth-order valence-electron chi connectivity index (χ4n) is 2.62. The first-order valence-corrected chi connectivity index (χ1v) is 8.14. The van der Waals surface area contributed by atoms with Gasteiger partial charge in [0.1, 0.15) is 0 Å². The van der Waals surface area contributed by atoms with Crippen LogP contribution in [-0.4, -0.2) is 31.1 Å². The Kier molecular flexibility index (Phi) is 7.65. The van der Waals surface area contributed by atoms with Gasteiger partial charge in [0.2, 0.25) is 0 Å². The molecule has 1 aliphatic carbocycles. The minimum atomic E-state index is 0. The van der Waals surface area contributed by atoms with Crippen LogP contribution in [0.5, 0.6) is 0 Å². The van der Waals surface area contributed by atoms with E-state index >= 15 is 0 Å². The molecular formula is C13H21BrCl2N2S. The Morgan fingerprint density at radius 3 is 2.47 bits per heavy atom. The molecule has 0 spiro atoms. The van der Waals surface area contributed by atoms with Crippen molar-refractivity contribution in [2.24, 2.45) is 5.92 Å². The van der Waals surface area contributed by atoms with E-state index in [2.05, 4.69) is 38.3 Å². The zero-order valence-corrected chi connectivity index (χ0v) is 14.8. The van der Waals surface area contributed by atoms with E-state index in [1.807, 2.05) is 11.3 Å². The van der Waals surface area contributed by atoms with Crippen molar-refractivity contribution in [1.82, 2.24) is 10.2 Å². The molecule has 2 nitrogen and oxygen atoms in total. The minimum absolute atomic E-state index is 0. The van der Waals surface area contributed by atoms with Gasteiger partial charge in [-0.15, -0.1) is 36.2 Å². The Hall–Kier alpha value is 0.680. The van der Waals surface area contributed by atoms with E-state index in [4.69, 9.17) is 0 Å². The van der Waals surface area contributed by atoms with E-state index in [-0.39, 0.29) is 24.8 Å². The van der Waals surface area contributed by atoms with Gasteiger partial charge >= 0.3 is 0 Å². The molecule has 1 aromatic heterocycles. The Morgan fingerprint density at radius 1 is 1.26 bits per heavy atom. The van der Waals surface area contributed by atoms with Crippen LogP contribution in [-0.2, 0) is 0 Å². The highest BCUT2D eigenvalue weighted by Gasteiger charge is 2.31. The molecule has 1 atom stereocenters. The van der Waals surface area contributed by atoms with Crippen molar-refractivity contribution in [2.75, 3.05) is 26.2 Å². The first kappa shape index (κ1) is 17.7. The number of rotatable bonds is 4. The maximum atomic E-state index is 3.59. The summed E-state index contributed by atoms with van der Waals surface area (Å²) in [7, 11) is 0. The first-order chi connectivity index (χ1) is 8.33. The van der Waals surface area contributed by atoms with E-state index in [9.17, 15) is 0 Å². The second kappa shape index (κ2) is 8.20. The molecule has 6 heteroatoms. The summed E-state index contributed by atoms with van der Waals surface area (Å²) in [5.41, 5.74) is 0. The van der Waals surface area contributed by atoms with Gasteiger partial charge < -0.3 is 5.32 Å². The van der Waals surface area contributed by atoms with E-state index < -0.39 is 0 Å². The van der Waals surface area contributed by atoms with Crippen molar-refractivity contribution in [3.8, 4) is 0 Å². The topological polar surface area (TPSA) is 15.3 Å². The number of nitrogens with one attached hydrogen (secondary N) is 1. The van der Waals surface area contributed by atoms with Crippen LogP contribution in [0.25, 0.3) is 0 Å². The summed E-state index contributed by atoms with van der Waals surface area (Å²) in [6.45, 7) is 4.70. The molecule has 1 N–H and O–H groups in total. The molecule has 2 heterocycles. The average Bonchev–Trinajstić information content (AvgIpc) is 3.08. The molecule has 1 saturated heterocycles. The summed E-state index contributed by atoms with van der Waals surface area (Å²) < 4.78 is 1.27. The van der Waals surface area contributed by atoms with Gasteiger partial charge in [-0.05, 0) is 40.4 Å². The summed E-state index contributed by atoms with van der Waals surface area (Å²) >= 11 is 5.51. The Morgan fingerprint density at radius 2 is 1.95 bits per heavy atom. The van der Waals surface area contributed by atoms with E-state index in [0.29, 0.717) is 6.04 Å². The van der Waals surface area contributed by atoms with Crippen molar-refractivity contribution in [2.45, 2.75) is 25.3 Å². The minimum Gasteiger partial charge on any atom is -0.314 e. The van der Waals surface area contributed by atoms with Gasteiger partial charge in [-0.1, -0.05) is 12.8 Å². The van der Waals surface area contributed by atoms with Crippen LogP contribution in [0.4, 0.5) is 0 Å². The summed E-state index contributed by atoms with van der Waals surface area (Å²) in [6.07, 6.45) is 4.28. The molecule has 1 saturated carbocycles. The van der Waals surface area contributed by atoms with Crippen LogP contribution in [0.2, 0.25) is 0 Å². The normalized spacial score (nSPS) is 21.3. The van der Waals surface area contributed by atoms with Crippen LogP contribution >= 0.6 is 52.1 Å². The molecule has 0 unspecified atom stereocenters. The van der Waals surface area contributed by atoms with Gasteiger partial charge in [0, 0.05) is 37.1 Å². The van der Waals surface area contributed by atoms with Gasteiger partial charge in [0.05, 0.1) is 3.79 Å². The predicted octanol–water partition coefficient (Wildman–Crippen LogP) is 4.10. The largest absolute Gasteiger partial charge is 0.314 e. The van der Waals surface area contributed by atoms with Crippen LogP contribution in [0.15, 0.2) is 15.9 Å². The Labute approximate surface area is 140 Å². The SMILES string of the molecule is Brc1ccc([C@H](CC2CC2)N2CCNCC2)s1.Cl.Cl. The number of nitrogens with zero attached hydrogens (tertiary/aromatic N) is 1. The average molecular weight is 388 g/mol. The fraction of sp³-hybridized carbons (Fsp3) is 0.692. The maximum Gasteiger partial charge on any atom is 0.0701 e. The number of thiophene rings is 1. The summed E-state index contributed by atoms with van der Waals surface area (Å²) in [6, 6.07) is 5.17. The van der Waals surface area contributed by atoms with Crippen LogP contribution in [0, 0.1) is 5.92 Å². The molecule has 1 aliphatic heterocycles. The summed E-state index contributed by atoms with van der Waals surface area (Å²) in [5.74, 6) is 0.996. The molecule has 0 aromatic carbocycles. The fourth-order valence-corrected chi connectivity index (χ4v) is 4.19. The van der Waals surface area contributed by atoms with Gasteiger partial charge in [0.15, 0.2) is 0 Å². The zero-order valence-electron chi connectivity index (χ0n) is 10.8. The lowest BCUT2D eigenvalue weighted by atomic mass is 10.1. The smallest absolute Gasteiger partial charge is 0.0701 e. The molecule has 2 fully saturated rings. The van der Waals surface area contributed by atoms with Crippen LogP contribution < -0.4 is 5.32 Å². The first-order valence-electron chi connectivity index (χ1n) is 6.53. The molecule has 0 bridgehead atoms. The van der Waals surface area contributed by atoms with Crippen molar-refractivity contribution in [3.63, 3.8) is 0 Å². The monoisotopic (exact) mass is 386 g/mol. The van der Waals surface area contributed by atoms with Crippen molar-refractivity contribution in [3.05, 3.63) is 20.8 Å². The summed E-state index contributed by atoms with van der Waals surface area (Å²) in [5, 5.41) is 3.45. The summed E-state index contributed by atoms with van der Waals surface area (Å²) in [4.78, 5) is 4.22. The Bertz CT molecular complexity index is 378. The van der Waals surface area contributed by atoms with E-state index in [0.717, 1.165) is 19.0 Å². The van der Waals surface area contributed by atoms with Crippen molar-refractivity contribution < 1.29 is 0 Å². The van der Waals surface area contributed by atoms with E-state index in [1.165, 1.54) is 36.1 Å². The lowest BCUT2D eigenvalue weighted by molar-refractivity contribution is 0.163. The molecule has 19 heavy (non-hydrogen) atoms. The van der Waals surface area contributed by atoms with Gasteiger partial charge in [-0.3, -0.25) is 4.90 Å². The third-order valence-corrected chi connectivity index (χ3v) is 5.49. The number of piperazine rings is 1. The highest BCUT2D eigenvalue weighted by atomic mass is 79.9.